The van der Waals surface area contributed by atoms with E-state index < -0.39 is 0 Å². The van der Waals surface area contributed by atoms with Gasteiger partial charge in [0.25, 0.3) is 0 Å². The van der Waals surface area contributed by atoms with Crippen molar-refractivity contribution in [3.8, 4) is 22.6 Å². The van der Waals surface area contributed by atoms with Crippen LogP contribution >= 0.6 is 0 Å². The van der Waals surface area contributed by atoms with Crippen molar-refractivity contribution in [2.24, 2.45) is 0 Å². The molecule has 0 radical (unpaired) electrons. The van der Waals surface area contributed by atoms with Crippen molar-refractivity contribution >= 4 is 17.0 Å². The van der Waals surface area contributed by atoms with E-state index in [1.54, 1.807) is 18.6 Å². The summed E-state index contributed by atoms with van der Waals surface area (Å²) >= 11 is 0. The Morgan fingerprint density at radius 3 is 2.40 bits per heavy atom. The first kappa shape index (κ1) is 21.3. The zero-order valence-electron chi connectivity index (χ0n) is 19.1. The molecular weight excluding hydrogens is 440 g/mol. The van der Waals surface area contributed by atoms with Gasteiger partial charge in [-0.05, 0) is 48.7 Å². The molecule has 6 heterocycles. The van der Waals surface area contributed by atoms with Gasteiger partial charge in [-0.3, -0.25) is 15.0 Å². The van der Waals surface area contributed by atoms with Crippen molar-refractivity contribution in [3.63, 3.8) is 0 Å². The molecule has 0 aliphatic carbocycles. The zero-order chi connectivity index (χ0) is 23.5. The van der Waals surface area contributed by atoms with Gasteiger partial charge < -0.3 is 14.6 Å². The second-order valence-corrected chi connectivity index (χ2v) is 8.45. The molecule has 0 aromatic carbocycles. The fourth-order valence-corrected chi connectivity index (χ4v) is 4.29. The van der Waals surface area contributed by atoms with Crippen LogP contribution in [0.2, 0.25) is 0 Å². The number of aromatic nitrogens is 7. The predicted molar refractivity (Wildman–Crippen MR) is 132 cm³/mol. The van der Waals surface area contributed by atoms with Crippen LogP contribution in [0.5, 0.6) is 0 Å². The highest BCUT2D eigenvalue weighted by molar-refractivity contribution is 5.85. The largest absolute Gasteiger partial charge is 0.381 e. The maximum Gasteiger partial charge on any atom is 0.166 e. The Labute approximate surface area is 202 Å². The first-order valence-corrected chi connectivity index (χ1v) is 11.7. The van der Waals surface area contributed by atoms with Gasteiger partial charge in [0.1, 0.15) is 5.52 Å². The molecule has 9 nitrogen and oxygen atoms in total. The van der Waals surface area contributed by atoms with E-state index in [0.29, 0.717) is 24.2 Å². The van der Waals surface area contributed by atoms with Gasteiger partial charge in [-0.2, -0.15) is 0 Å². The van der Waals surface area contributed by atoms with Crippen LogP contribution in [-0.2, 0) is 11.3 Å². The Kier molecular flexibility index (Phi) is 5.82. The van der Waals surface area contributed by atoms with Gasteiger partial charge in [0.05, 0.1) is 12.0 Å². The van der Waals surface area contributed by atoms with Crippen molar-refractivity contribution < 1.29 is 4.74 Å². The molecule has 35 heavy (non-hydrogen) atoms. The van der Waals surface area contributed by atoms with Crippen molar-refractivity contribution in [3.05, 3.63) is 79.3 Å². The molecule has 0 saturated carbocycles. The third-order valence-corrected chi connectivity index (χ3v) is 6.17. The zero-order valence-corrected chi connectivity index (χ0v) is 19.1. The number of pyridine rings is 3. The highest BCUT2D eigenvalue weighted by Gasteiger charge is 2.21. The van der Waals surface area contributed by atoms with Gasteiger partial charge in [0.15, 0.2) is 17.3 Å². The standard InChI is InChI=1S/C26H24N8O/c1-3-19(15-27-9-1)22-6-5-18(13-29-22)14-30-25-23-26(33-24(32-25)20-4-2-10-28-16-20)34(17-31-23)21-7-11-35-12-8-21/h1-6,9-10,13,15-17,21H,7-8,11-12,14H2,(H,30,32,33). The average Bonchev–Trinajstić information content (AvgIpc) is 3.38. The summed E-state index contributed by atoms with van der Waals surface area (Å²) in [6.07, 6.45) is 12.7. The molecule has 6 rings (SSSR count). The highest BCUT2D eigenvalue weighted by Crippen LogP contribution is 2.29. The minimum Gasteiger partial charge on any atom is -0.381 e. The molecule has 0 amide bonds. The third-order valence-electron chi connectivity index (χ3n) is 6.17. The van der Waals surface area contributed by atoms with Crippen LogP contribution in [0, 0.1) is 0 Å². The normalized spacial score (nSPS) is 14.3. The number of anilines is 1. The lowest BCUT2D eigenvalue weighted by atomic mass is 10.1. The Morgan fingerprint density at radius 1 is 0.886 bits per heavy atom. The molecule has 0 bridgehead atoms. The summed E-state index contributed by atoms with van der Waals surface area (Å²) < 4.78 is 7.72. The van der Waals surface area contributed by atoms with E-state index in [2.05, 4.69) is 30.9 Å². The molecule has 0 spiro atoms. The van der Waals surface area contributed by atoms with Gasteiger partial charge in [-0.1, -0.05) is 6.07 Å². The van der Waals surface area contributed by atoms with Crippen LogP contribution in [0.1, 0.15) is 24.4 Å². The maximum atomic E-state index is 5.55. The molecule has 1 saturated heterocycles. The molecule has 5 aromatic heterocycles. The number of ether oxygens (including phenoxy) is 1. The molecule has 1 N–H and O–H groups in total. The van der Waals surface area contributed by atoms with Crippen LogP contribution < -0.4 is 5.32 Å². The van der Waals surface area contributed by atoms with Crippen molar-refractivity contribution in [1.82, 2.24) is 34.5 Å². The smallest absolute Gasteiger partial charge is 0.166 e. The molecule has 0 atom stereocenters. The number of imidazole rings is 1. The number of hydrogen-bond donors (Lipinski definition) is 1. The quantitative estimate of drug-likeness (QED) is 0.397. The van der Waals surface area contributed by atoms with Crippen LogP contribution in [0.25, 0.3) is 33.8 Å². The Balaban J connectivity index is 1.32. The van der Waals surface area contributed by atoms with Crippen molar-refractivity contribution in [2.75, 3.05) is 18.5 Å². The fraction of sp³-hybridized carbons (Fsp3) is 0.231. The minimum absolute atomic E-state index is 0.308. The van der Waals surface area contributed by atoms with Crippen molar-refractivity contribution in [1.29, 1.82) is 0 Å². The van der Waals surface area contributed by atoms with E-state index in [4.69, 9.17) is 19.7 Å². The average molecular weight is 465 g/mol. The summed E-state index contributed by atoms with van der Waals surface area (Å²) in [7, 11) is 0. The van der Waals surface area contributed by atoms with E-state index in [9.17, 15) is 0 Å². The molecule has 174 valence electrons. The van der Waals surface area contributed by atoms with Gasteiger partial charge in [-0.25, -0.2) is 15.0 Å². The molecule has 1 aliphatic rings. The summed E-state index contributed by atoms with van der Waals surface area (Å²) in [6, 6.07) is 12.1. The Bertz CT molecular complexity index is 1420. The van der Waals surface area contributed by atoms with Crippen LogP contribution in [0.4, 0.5) is 5.82 Å². The SMILES string of the molecule is c1cncc(-c2ccc(CNc3nc(-c4cccnc4)nc4c3ncn4C3CCOCC3)cn2)c1. The van der Waals surface area contributed by atoms with Gasteiger partial charge in [-0.15, -0.1) is 0 Å². The Hall–Kier alpha value is -4.24. The summed E-state index contributed by atoms with van der Waals surface area (Å²) in [5.41, 5.74) is 5.35. The number of fused-ring (bicyclic) bond motifs is 1. The second kappa shape index (κ2) is 9.55. The highest BCUT2D eigenvalue weighted by atomic mass is 16.5. The van der Waals surface area contributed by atoms with Gasteiger partial charge in [0.2, 0.25) is 0 Å². The molecule has 1 fully saturated rings. The molecular formula is C26H24N8O. The van der Waals surface area contributed by atoms with E-state index in [1.165, 1.54) is 0 Å². The number of hydrogen-bond acceptors (Lipinski definition) is 8. The lowest BCUT2D eigenvalue weighted by Gasteiger charge is -2.23. The summed E-state index contributed by atoms with van der Waals surface area (Å²) in [6.45, 7) is 2.05. The minimum atomic E-state index is 0.308. The first-order valence-electron chi connectivity index (χ1n) is 11.7. The topological polar surface area (TPSA) is 104 Å². The lowest BCUT2D eigenvalue weighted by Crippen LogP contribution is -2.19. The molecule has 1 aliphatic heterocycles. The molecule has 9 heteroatoms. The summed E-state index contributed by atoms with van der Waals surface area (Å²) in [5.74, 6) is 1.31. The number of nitrogens with zero attached hydrogens (tertiary/aromatic N) is 7. The fourth-order valence-electron chi connectivity index (χ4n) is 4.29. The second-order valence-electron chi connectivity index (χ2n) is 8.45. The summed E-state index contributed by atoms with van der Waals surface area (Å²) in [5, 5.41) is 3.47. The van der Waals surface area contributed by atoms with Crippen LogP contribution in [0.3, 0.4) is 0 Å². The van der Waals surface area contributed by atoms with Crippen LogP contribution in [-0.4, -0.2) is 47.7 Å². The molecule has 5 aromatic rings. The monoisotopic (exact) mass is 464 g/mol. The Morgan fingerprint density at radius 2 is 1.69 bits per heavy atom. The van der Waals surface area contributed by atoms with E-state index in [1.807, 2.05) is 49.1 Å². The van der Waals surface area contributed by atoms with E-state index in [0.717, 1.165) is 59.6 Å². The third kappa shape index (κ3) is 4.45. The van der Waals surface area contributed by atoms with E-state index >= 15 is 0 Å². The number of nitrogens with one attached hydrogen (secondary N) is 1. The van der Waals surface area contributed by atoms with E-state index in [-0.39, 0.29) is 0 Å². The summed E-state index contributed by atoms with van der Waals surface area (Å²) in [4.78, 5) is 27.4. The first-order chi connectivity index (χ1) is 17.3. The van der Waals surface area contributed by atoms with Crippen LogP contribution in [0.15, 0.2) is 73.7 Å². The van der Waals surface area contributed by atoms with Crippen molar-refractivity contribution in [2.45, 2.75) is 25.4 Å². The maximum absolute atomic E-state index is 5.55. The predicted octanol–water partition coefficient (Wildman–Crippen LogP) is 4.31. The van der Waals surface area contributed by atoms with Gasteiger partial charge >= 0.3 is 0 Å². The molecule has 0 unspecified atom stereocenters. The lowest BCUT2D eigenvalue weighted by molar-refractivity contribution is 0.0704. The number of rotatable bonds is 6. The van der Waals surface area contributed by atoms with Gasteiger partial charge in [0, 0.05) is 67.9 Å².